The van der Waals surface area contributed by atoms with Crippen molar-refractivity contribution in [2.45, 2.75) is 45.3 Å². The molecule has 9 heteroatoms. The van der Waals surface area contributed by atoms with Crippen LogP contribution in [0.5, 0.6) is 11.5 Å². The van der Waals surface area contributed by atoms with E-state index in [0.29, 0.717) is 11.5 Å². The highest BCUT2D eigenvalue weighted by Crippen LogP contribution is 2.35. The first kappa shape index (κ1) is 29.2. The summed E-state index contributed by atoms with van der Waals surface area (Å²) in [6, 6.07) is 13.9. The fourth-order valence-electron chi connectivity index (χ4n) is 3.39. The summed E-state index contributed by atoms with van der Waals surface area (Å²) in [4.78, 5) is 22.4. The molecular weight excluding hydrogens is 587 g/mol. The number of alkyl halides is 1. The van der Waals surface area contributed by atoms with Crippen LogP contribution < -0.4 is 9.47 Å². The van der Waals surface area contributed by atoms with Crippen LogP contribution in [0, 0.1) is 3.57 Å². The van der Waals surface area contributed by atoms with Crippen molar-refractivity contribution in [1.29, 1.82) is 0 Å². The molecule has 2 rings (SSSR count). The molecular formula is C26H32ClIO7. The van der Waals surface area contributed by atoms with E-state index in [9.17, 15) is 9.59 Å². The van der Waals surface area contributed by atoms with Crippen LogP contribution in [0.25, 0.3) is 0 Å². The number of hydrogen-bond acceptors (Lipinski definition) is 7. The lowest BCUT2D eigenvalue weighted by atomic mass is 9.78. The highest BCUT2D eigenvalue weighted by molar-refractivity contribution is 14.1. The predicted molar refractivity (Wildman–Crippen MR) is 142 cm³/mol. The Labute approximate surface area is 225 Å². The molecule has 0 saturated carbocycles. The monoisotopic (exact) mass is 618 g/mol. The van der Waals surface area contributed by atoms with Gasteiger partial charge in [0.1, 0.15) is 30.8 Å². The number of methoxy groups -OCH3 is 1. The first-order chi connectivity index (χ1) is 16.6. The first-order valence-electron chi connectivity index (χ1n) is 11.1. The molecule has 2 aromatic carbocycles. The predicted octanol–water partition coefficient (Wildman–Crippen LogP) is 5.12. The largest absolute Gasteiger partial charge is 0.490 e. The molecule has 2 aromatic rings. The number of rotatable bonds is 13. The maximum absolute atomic E-state index is 11.2. The zero-order valence-corrected chi connectivity index (χ0v) is 23.6. The van der Waals surface area contributed by atoms with E-state index >= 15 is 0 Å². The van der Waals surface area contributed by atoms with Gasteiger partial charge in [0.05, 0.1) is 16.1 Å². The molecule has 0 radical (unpaired) electrons. The van der Waals surface area contributed by atoms with Crippen molar-refractivity contribution in [2.75, 3.05) is 32.8 Å². The maximum atomic E-state index is 11.2. The average Bonchev–Trinajstić information content (AvgIpc) is 2.80. The number of esters is 2. The van der Waals surface area contributed by atoms with Crippen molar-refractivity contribution in [3.63, 3.8) is 0 Å². The molecule has 35 heavy (non-hydrogen) atoms. The van der Waals surface area contributed by atoms with Gasteiger partial charge in [0.15, 0.2) is 6.10 Å². The van der Waals surface area contributed by atoms with E-state index in [1.165, 1.54) is 13.8 Å². The zero-order valence-electron chi connectivity index (χ0n) is 20.6. The summed E-state index contributed by atoms with van der Waals surface area (Å²) in [5, 5.41) is 0. The number of halogens is 2. The van der Waals surface area contributed by atoms with E-state index in [1.807, 2.05) is 36.4 Å². The van der Waals surface area contributed by atoms with E-state index in [4.69, 9.17) is 35.3 Å². The number of carbonyl (C=O) groups is 2. The number of hydrogen-bond donors (Lipinski definition) is 0. The van der Waals surface area contributed by atoms with Crippen LogP contribution in [0.1, 0.15) is 38.8 Å². The highest BCUT2D eigenvalue weighted by atomic mass is 127. The van der Waals surface area contributed by atoms with Crippen molar-refractivity contribution in [3.05, 3.63) is 57.2 Å². The summed E-state index contributed by atoms with van der Waals surface area (Å²) in [6.07, 6.45) is -0.967. The molecule has 0 fully saturated rings. The molecule has 0 heterocycles. The van der Waals surface area contributed by atoms with Gasteiger partial charge in [0.2, 0.25) is 0 Å². The Bertz CT molecular complexity index is 978. The minimum atomic E-state index is -0.499. The second kappa shape index (κ2) is 13.9. The Morgan fingerprint density at radius 3 is 2.00 bits per heavy atom. The topological polar surface area (TPSA) is 80.3 Å². The molecule has 0 aliphatic rings. The quantitative estimate of drug-likeness (QED) is 0.175. The van der Waals surface area contributed by atoms with Crippen LogP contribution in [-0.2, 0) is 29.2 Å². The Morgan fingerprint density at radius 1 is 0.886 bits per heavy atom. The van der Waals surface area contributed by atoms with Crippen molar-refractivity contribution >= 4 is 46.1 Å². The van der Waals surface area contributed by atoms with Gasteiger partial charge in [-0.1, -0.05) is 32.0 Å². The normalized spacial score (nSPS) is 13.0. The van der Waals surface area contributed by atoms with Gasteiger partial charge in [-0.2, -0.15) is 0 Å². The summed E-state index contributed by atoms with van der Waals surface area (Å²) < 4.78 is 28.0. The van der Waals surface area contributed by atoms with Crippen LogP contribution >= 0.6 is 34.2 Å². The fourth-order valence-corrected chi connectivity index (χ4v) is 4.22. The molecule has 0 aliphatic heterocycles. The molecule has 0 amide bonds. The molecule has 0 unspecified atom stereocenters. The van der Waals surface area contributed by atoms with Gasteiger partial charge >= 0.3 is 11.9 Å². The van der Waals surface area contributed by atoms with Crippen LogP contribution in [0.3, 0.4) is 0 Å². The minimum absolute atomic E-state index is 0.164. The van der Waals surface area contributed by atoms with Crippen molar-refractivity contribution < 1.29 is 33.3 Å². The molecule has 0 spiro atoms. The van der Waals surface area contributed by atoms with Gasteiger partial charge in [0.25, 0.3) is 0 Å². The summed E-state index contributed by atoms with van der Waals surface area (Å²) in [5.74, 6) is 0.786. The molecule has 0 aliphatic carbocycles. The smallest absolute Gasteiger partial charge is 0.303 e. The van der Waals surface area contributed by atoms with Crippen LogP contribution in [0.4, 0.5) is 0 Å². The van der Waals surface area contributed by atoms with Gasteiger partial charge in [-0.15, -0.1) is 11.6 Å². The first-order valence-corrected chi connectivity index (χ1v) is 12.7. The Kier molecular flexibility index (Phi) is 11.6. The molecule has 0 aromatic heterocycles. The summed E-state index contributed by atoms with van der Waals surface area (Å²) >= 11 is 8.09. The number of carbonyl (C=O) groups excluding carboxylic acids is 2. The third-order valence-electron chi connectivity index (χ3n) is 5.28. The molecule has 2 atom stereocenters. The Hall–Kier alpha value is -2.04. The lowest BCUT2D eigenvalue weighted by molar-refractivity contribution is -0.150. The van der Waals surface area contributed by atoms with Gasteiger partial charge in [0, 0.05) is 26.4 Å². The number of ether oxygens (including phenoxy) is 5. The summed E-state index contributed by atoms with van der Waals surface area (Å²) in [7, 11) is 1.55. The Balaban J connectivity index is 2.06. The highest BCUT2D eigenvalue weighted by Gasteiger charge is 2.24. The molecule has 0 bridgehead atoms. The SMILES string of the molecule is COC[C@@H](COc1ccc(C(C)(C)c2ccc(OC[C@H](CCl)OC(C)=O)c(I)c2)cc1)OC(C)=O. The lowest BCUT2D eigenvalue weighted by Gasteiger charge is -2.27. The standard InChI is InChI=1S/C26H32ClIO7/c1-17(29)34-22(13-27)15-33-25-11-8-20(12-24(25)28)26(3,4)19-6-9-21(10-7-19)32-16-23(14-31-5)35-18(2)30/h6-12,22-23H,13-16H2,1-5H3/t22-,23-/m0/s1. The van der Waals surface area contributed by atoms with Crippen LogP contribution in [-0.4, -0.2) is 57.0 Å². The maximum Gasteiger partial charge on any atom is 0.303 e. The zero-order chi connectivity index (χ0) is 26.0. The van der Waals surface area contributed by atoms with Crippen molar-refractivity contribution in [3.8, 4) is 11.5 Å². The van der Waals surface area contributed by atoms with Crippen LogP contribution in [0.15, 0.2) is 42.5 Å². The number of benzene rings is 2. The van der Waals surface area contributed by atoms with Gasteiger partial charge in [-0.05, 0) is 58.0 Å². The molecule has 0 saturated heterocycles. The van der Waals surface area contributed by atoms with E-state index < -0.39 is 12.2 Å². The molecule has 0 N–H and O–H groups in total. The molecule has 192 valence electrons. The van der Waals surface area contributed by atoms with Gasteiger partial charge < -0.3 is 23.7 Å². The van der Waals surface area contributed by atoms with Gasteiger partial charge in [-0.3, -0.25) is 9.59 Å². The molecule has 7 nitrogen and oxygen atoms in total. The average molecular weight is 619 g/mol. The van der Waals surface area contributed by atoms with Crippen molar-refractivity contribution in [2.24, 2.45) is 0 Å². The third kappa shape index (κ3) is 9.16. The lowest BCUT2D eigenvalue weighted by Crippen LogP contribution is -2.28. The van der Waals surface area contributed by atoms with E-state index in [1.54, 1.807) is 7.11 Å². The van der Waals surface area contributed by atoms with Crippen LogP contribution in [0.2, 0.25) is 0 Å². The fraction of sp³-hybridized carbons (Fsp3) is 0.462. The third-order valence-corrected chi connectivity index (χ3v) is 6.47. The minimum Gasteiger partial charge on any atom is -0.490 e. The van der Waals surface area contributed by atoms with E-state index in [0.717, 1.165) is 14.7 Å². The second-order valence-corrected chi connectivity index (χ2v) is 9.96. The van der Waals surface area contributed by atoms with Crippen molar-refractivity contribution in [1.82, 2.24) is 0 Å². The Morgan fingerprint density at radius 2 is 1.46 bits per heavy atom. The summed E-state index contributed by atoms with van der Waals surface area (Å²) in [5.41, 5.74) is 1.95. The van der Waals surface area contributed by atoms with Gasteiger partial charge in [-0.25, -0.2) is 0 Å². The summed E-state index contributed by atoms with van der Waals surface area (Å²) in [6.45, 7) is 7.66. The van der Waals surface area contributed by atoms with E-state index in [-0.39, 0.29) is 43.1 Å². The second-order valence-electron chi connectivity index (χ2n) is 8.49. The van der Waals surface area contributed by atoms with E-state index in [2.05, 4.69) is 42.5 Å².